The van der Waals surface area contributed by atoms with E-state index >= 15 is 0 Å². The first-order chi connectivity index (χ1) is 15.9. The van der Waals surface area contributed by atoms with Gasteiger partial charge in [0.15, 0.2) is 0 Å². The van der Waals surface area contributed by atoms with Gasteiger partial charge in [-0.3, -0.25) is 14.5 Å². The molecule has 1 aliphatic rings. The Morgan fingerprint density at radius 3 is 2.50 bits per heavy atom. The maximum absolute atomic E-state index is 13.8. The van der Waals surface area contributed by atoms with Crippen molar-refractivity contribution in [3.8, 4) is 11.4 Å². The molecule has 178 valence electrons. The first-order valence-electron chi connectivity index (χ1n) is 9.66. The monoisotopic (exact) mass is 484 g/mol. The largest absolute Gasteiger partial charge is 0.416 e. The highest BCUT2D eigenvalue weighted by Gasteiger charge is 2.49. The molecule has 2 heterocycles. The molecule has 4 rings (SSSR count). The van der Waals surface area contributed by atoms with Crippen molar-refractivity contribution >= 4 is 23.2 Å². The molecule has 2 amide bonds. The molecule has 1 unspecified atom stereocenters. The van der Waals surface area contributed by atoms with Crippen LogP contribution >= 0.6 is 0 Å². The smallest absolute Gasteiger partial charge is 0.324 e. The highest BCUT2D eigenvalue weighted by molar-refractivity contribution is 6.04. The van der Waals surface area contributed by atoms with E-state index in [2.05, 4.69) is 20.7 Å². The number of alkyl halides is 6. The number of nitrogens with one attached hydrogen (secondary N) is 1. The van der Waals surface area contributed by atoms with Crippen LogP contribution in [0.3, 0.4) is 0 Å². The van der Waals surface area contributed by atoms with E-state index in [1.54, 1.807) is 0 Å². The molecule has 0 saturated carbocycles. The van der Waals surface area contributed by atoms with Crippen molar-refractivity contribution in [1.82, 2.24) is 20.2 Å². The number of halogens is 6. The van der Waals surface area contributed by atoms with Gasteiger partial charge in [-0.25, -0.2) is 0 Å². The van der Waals surface area contributed by atoms with Crippen LogP contribution in [0.2, 0.25) is 0 Å². The zero-order chi connectivity index (χ0) is 24.7. The molecule has 2 aromatic carbocycles. The molecule has 0 fully saturated rings. The van der Waals surface area contributed by atoms with Crippen LogP contribution < -0.4 is 10.2 Å². The summed E-state index contributed by atoms with van der Waals surface area (Å²) in [5, 5.41) is 13.4. The molecule has 0 spiro atoms. The third-order valence-electron chi connectivity index (χ3n) is 4.95. The molecule has 0 radical (unpaired) electrons. The second kappa shape index (κ2) is 8.43. The van der Waals surface area contributed by atoms with Crippen LogP contribution in [0.1, 0.15) is 12.0 Å². The lowest BCUT2D eigenvalue weighted by molar-refractivity contribution is -0.158. The van der Waals surface area contributed by atoms with Crippen molar-refractivity contribution in [2.24, 2.45) is 0 Å². The second-order valence-corrected chi connectivity index (χ2v) is 7.31. The summed E-state index contributed by atoms with van der Waals surface area (Å²) in [5.74, 6) is -2.27. The minimum absolute atomic E-state index is 0.0174. The van der Waals surface area contributed by atoms with Gasteiger partial charge in [-0.15, -0.1) is 10.2 Å². The van der Waals surface area contributed by atoms with Crippen molar-refractivity contribution in [1.29, 1.82) is 0 Å². The predicted octanol–water partition coefficient (Wildman–Crippen LogP) is 3.67. The van der Waals surface area contributed by atoms with Crippen LogP contribution in [-0.4, -0.2) is 44.2 Å². The average molecular weight is 484 g/mol. The summed E-state index contributed by atoms with van der Waals surface area (Å²) >= 11 is 0. The molecule has 0 saturated heterocycles. The van der Waals surface area contributed by atoms with Gasteiger partial charge >= 0.3 is 12.4 Å². The number of carbonyl (C=O) groups excluding carboxylic acids is 2. The number of tetrazole rings is 1. The molecular weight excluding hydrogens is 470 g/mol. The Labute approximate surface area is 187 Å². The molecule has 0 aliphatic carbocycles. The van der Waals surface area contributed by atoms with Crippen LogP contribution in [0.4, 0.5) is 37.7 Å². The van der Waals surface area contributed by atoms with Gasteiger partial charge in [0.2, 0.25) is 11.7 Å². The highest BCUT2D eigenvalue weighted by atomic mass is 19.4. The summed E-state index contributed by atoms with van der Waals surface area (Å²) in [6.45, 7) is -0.804. The zero-order valence-corrected chi connectivity index (χ0v) is 16.9. The third kappa shape index (κ3) is 4.70. The summed E-state index contributed by atoms with van der Waals surface area (Å²) in [7, 11) is 0. The zero-order valence-electron chi connectivity index (χ0n) is 16.9. The van der Waals surface area contributed by atoms with Gasteiger partial charge in [0.1, 0.15) is 12.6 Å². The first-order valence-corrected chi connectivity index (χ1v) is 9.66. The number of amides is 2. The Bertz CT molecular complexity index is 1240. The molecule has 14 heteroatoms. The summed E-state index contributed by atoms with van der Waals surface area (Å²) < 4.78 is 80.2. The predicted molar refractivity (Wildman–Crippen MR) is 105 cm³/mol. The third-order valence-corrected chi connectivity index (χ3v) is 4.95. The van der Waals surface area contributed by atoms with Crippen LogP contribution in [0, 0.1) is 0 Å². The molecule has 3 aromatic rings. The fraction of sp³-hybridized carbons (Fsp3) is 0.250. The topological polar surface area (TPSA) is 93.0 Å². The maximum atomic E-state index is 13.8. The standard InChI is InChI=1S/C20H14F6N6O2/c21-19(22,23)12-5-3-4-11(8-12)18-28-30-31(29-18)10-17(34)32-14-7-2-1-6-13(14)27-16(33)9-15(32)20(24,25)26/h1-8,15H,9-10H2,(H,27,33). The van der Waals surface area contributed by atoms with E-state index in [-0.39, 0.29) is 22.8 Å². The Hall–Kier alpha value is -3.97. The number of para-hydroxylation sites is 2. The molecule has 0 bridgehead atoms. The molecule has 34 heavy (non-hydrogen) atoms. The van der Waals surface area contributed by atoms with Gasteiger partial charge in [-0.05, 0) is 29.5 Å². The van der Waals surface area contributed by atoms with Gasteiger partial charge < -0.3 is 5.32 Å². The van der Waals surface area contributed by atoms with Crippen molar-refractivity contribution in [3.05, 3.63) is 54.1 Å². The number of fused-ring (bicyclic) bond motifs is 1. The van der Waals surface area contributed by atoms with Crippen LogP contribution in [0.5, 0.6) is 0 Å². The van der Waals surface area contributed by atoms with E-state index in [0.29, 0.717) is 9.70 Å². The van der Waals surface area contributed by atoms with E-state index in [1.165, 1.54) is 30.3 Å². The summed E-state index contributed by atoms with van der Waals surface area (Å²) in [6, 6.07) is 7.10. The molecule has 1 aliphatic heterocycles. The quantitative estimate of drug-likeness (QED) is 0.573. The van der Waals surface area contributed by atoms with Gasteiger partial charge in [0.25, 0.3) is 5.91 Å². The lowest BCUT2D eigenvalue weighted by atomic mass is 10.1. The Morgan fingerprint density at radius 2 is 1.79 bits per heavy atom. The van der Waals surface area contributed by atoms with Crippen molar-refractivity contribution in [3.63, 3.8) is 0 Å². The SMILES string of the molecule is O=C1CC(C(F)(F)F)N(C(=O)Cn2nnc(-c3cccc(C(F)(F)F)c3)n2)c2ccccc2N1. The number of hydrogen-bond acceptors (Lipinski definition) is 5. The van der Waals surface area contributed by atoms with Crippen LogP contribution in [0.25, 0.3) is 11.4 Å². The number of aromatic nitrogens is 4. The molecule has 8 nitrogen and oxygen atoms in total. The van der Waals surface area contributed by atoms with E-state index in [9.17, 15) is 35.9 Å². The van der Waals surface area contributed by atoms with E-state index in [1.807, 2.05) is 0 Å². The van der Waals surface area contributed by atoms with E-state index in [0.717, 1.165) is 18.2 Å². The number of hydrogen-bond donors (Lipinski definition) is 1. The molecule has 1 N–H and O–H groups in total. The number of nitrogens with zero attached hydrogens (tertiary/aromatic N) is 5. The molecular formula is C20H14F6N6O2. The van der Waals surface area contributed by atoms with Crippen molar-refractivity contribution < 1.29 is 35.9 Å². The molecule has 1 aromatic heterocycles. The Morgan fingerprint density at radius 1 is 1.06 bits per heavy atom. The van der Waals surface area contributed by atoms with E-state index in [4.69, 9.17) is 0 Å². The fourth-order valence-corrected chi connectivity index (χ4v) is 3.45. The maximum Gasteiger partial charge on any atom is 0.416 e. The van der Waals surface area contributed by atoms with Crippen LogP contribution in [0.15, 0.2) is 48.5 Å². The number of anilines is 2. The Balaban J connectivity index is 1.64. The summed E-state index contributed by atoms with van der Waals surface area (Å²) in [5.41, 5.74) is -1.15. The molecule has 1 atom stereocenters. The van der Waals surface area contributed by atoms with Crippen molar-refractivity contribution in [2.75, 3.05) is 10.2 Å². The van der Waals surface area contributed by atoms with Gasteiger partial charge in [0.05, 0.1) is 23.4 Å². The van der Waals surface area contributed by atoms with Gasteiger partial charge in [-0.2, -0.15) is 31.1 Å². The number of benzene rings is 2. The van der Waals surface area contributed by atoms with Gasteiger partial charge in [0, 0.05) is 5.56 Å². The summed E-state index contributed by atoms with van der Waals surface area (Å²) in [6.07, 6.45) is -10.6. The van der Waals surface area contributed by atoms with E-state index < -0.39 is 48.7 Å². The van der Waals surface area contributed by atoms with Gasteiger partial charge in [-0.1, -0.05) is 24.3 Å². The fourth-order valence-electron chi connectivity index (χ4n) is 3.45. The highest BCUT2D eigenvalue weighted by Crippen LogP contribution is 2.38. The van der Waals surface area contributed by atoms with Crippen LogP contribution in [-0.2, 0) is 22.3 Å². The summed E-state index contributed by atoms with van der Waals surface area (Å²) in [4.78, 5) is 26.1. The second-order valence-electron chi connectivity index (χ2n) is 7.31. The minimum atomic E-state index is -4.93. The lowest BCUT2D eigenvalue weighted by Gasteiger charge is -2.31. The van der Waals surface area contributed by atoms with Crippen molar-refractivity contribution in [2.45, 2.75) is 31.4 Å². The number of carbonyl (C=O) groups is 2. The average Bonchev–Trinajstić information content (AvgIpc) is 3.15. The Kier molecular flexibility index (Phi) is 5.75. The lowest BCUT2D eigenvalue weighted by Crippen LogP contribution is -2.50. The number of rotatable bonds is 3. The first kappa shape index (κ1) is 23.2. The normalized spacial score (nSPS) is 16.6. The minimum Gasteiger partial charge on any atom is -0.324 e.